The summed E-state index contributed by atoms with van der Waals surface area (Å²) >= 11 is 1.30. The highest BCUT2D eigenvalue weighted by Crippen LogP contribution is 2.24. The van der Waals surface area contributed by atoms with E-state index in [-0.39, 0.29) is 11.2 Å². The van der Waals surface area contributed by atoms with E-state index >= 15 is 0 Å². The molecule has 100 valence electrons. The van der Waals surface area contributed by atoms with Gasteiger partial charge in [-0.05, 0) is 19.8 Å². The summed E-state index contributed by atoms with van der Waals surface area (Å²) in [6.07, 6.45) is 1.46. The number of aromatic nitrogens is 2. The van der Waals surface area contributed by atoms with Crippen molar-refractivity contribution in [2.45, 2.75) is 44.0 Å². The molecule has 0 aliphatic carbocycles. The van der Waals surface area contributed by atoms with Crippen LogP contribution in [-0.2, 0) is 16.0 Å². The molecule has 0 aliphatic rings. The second kappa shape index (κ2) is 7.20. The highest BCUT2D eigenvalue weighted by molar-refractivity contribution is 8.00. The summed E-state index contributed by atoms with van der Waals surface area (Å²) in [5.74, 6) is 0.206. The monoisotopic (exact) mass is 269 g/mol. The van der Waals surface area contributed by atoms with Gasteiger partial charge in [0.05, 0.1) is 6.61 Å². The van der Waals surface area contributed by atoms with Crippen LogP contribution in [0.1, 0.15) is 32.9 Å². The van der Waals surface area contributed by atoms with Crippen LogP contribution in [0.25, 0.3) is 0 Å². The Labute approximate surface area is 112 Å². The quantitative estimate of drug-likeness (QED) is 0.484. The fraction of sp³-hybridized carbons (Fsp3) is 0.583. The van der Waals surface area contributed by atoms with Crippen LogP contribution in [0.15, 0.2) is 11.2 Å². The van der Waals surface area contributed by atoms with Gasteiger partial charge in [-0.1, -0.05) is 25.6 Å². The predicted molar refractivity (Wildman–Crippen MR) is 72.4 cm³/mol. The molecule has 2 N–H and O–H groups in total. The number of nitrogens with two attached hydrogens (primary N) is 1. The largest absolute Gasteiger partial charge is 0.465 e. The fourth-order valence-electron chi connectivity index (χ4n) is 1.39. The van der Waals surface area contributed by atoms with Crippen LogP contribution in [-0.4, -0.2) is 27.8 Å². The minimum Gasteiger partial charge on any atom is -0.465 e. The molecule has 6 heteroatoms. The number of hydrogen-bond acceptors (Lipinski definition) is 6. The van der Waals surface area contributed by atoms with Crippen molar-refractivity contribution in [3.8, 4) is 0 Å². The number of ether oxygens (including phenoxy) is 1. The number of nitrogens with zero attached hydrogens (tertiary/aromatic N) is 2. The Bertz CT molecular complexity index is 412. The molecule has 1 atom stereocenters. The third-order valence-corrected chi connectivity index (χ3v) is 3.51. The van der Waals surface area contributed by atoms with Crippen molar-refractivity contribution in [2.75, 3.05) is 12.3 Å². The highest BCUT2D eigenvalue weighted by atomic mass is 32.2. The zero-order valence-corrected chi connectivity index (χ0v) is 11.8. The molecule has 1 aromatic rings. The van der Waals surface area contributed by atoms with E-state index in [1.165, 1.54) is 11.8 Å². The first-order valence-electron chi connectivity index (χ1n) is 6.07. The van der Waals surface area contributed by atoms with E-state index in [9.17, 15) is 4.79 Å². The van der Waals surface area contributed by atoms with Crippen molar-refractivity contribution in [2.24, 2.45) is 0 Å². The van der Waals surface area contributed by atoms with Gasteiger partial charge in [0.25, 0.3) is 0 Å². The van der Waals surface area contributed by atoms with Crippen LogP contribution in [0.3, 0.4) is 0 Å². The average Bonchev–Trinajstić information content (AvgIpc) is 2.35. The summed E-state index contributed by atoms with van der Waals surface area (Å²) in [5.41, 5.74) is 6.58. The van der Waals surface area contributed by atoms with E-state index in [1.807, 2.05) is 13.8 Å². The first-order valence-corrected chi connectivity index (χ1v) is 6.95. The predicted octanol–water partition coefficient (Wildman–Crippen LogP) is 2.05. The summed E-state index contributed by atoms with van der Waals surface area (Å²) in [6.45, 7) is 6.11. The topological polar surface area (TPSA) is 78.1 Å². The van der Waals surface area contributed by atoms with Crippen LogP contribution >= 0.6 is 11.8 Å². The SMILES string of the molecule is CCOC(=O)[C@@H](CC)Sc1nc(N)cc(CC)n1. The van der Waals surface area contributed by atoms with Gasteiger partial charge in [0.2, 0.25) is 0 Å². The second-order valence-corrected chi connectivity index (χ2v) is 4.86. The third-order valence-electron chi connectivity index (χ3n) is 2.31. The highest BCUT2D eigenvalue weighted by Gasteiger charge is 2.20. The van der Waals surface area contributed by atoms with Gasteiger partial charge in [-0.3, -0.25) is 4.79 Å². The Hall–Kier alpha value is -1.30. The van der Waals surface area contributed by atoms with Gasteiger partial charge in [-0.15, -0.1) is 0 Å². The molecule has 0 bridgehead atoms. The zero-order valence-electron chi connectivity index (χ0n) is 11.0. The maximum absolute atomic E-state index is 11.7. The van der Waals surface area contributed by atoms with Gasteiger partial charge in [0, 0.05) is 11.8 Å². The minimum atomic E-state index is -0.281. The molecule has 0 fully saturated rings. The summed E-state index contributed by atoms with van der Waals surface area (Å²) in [7, 11) is 0. The van der Waals surface area contributed by atoms with Crippen LogP contribution in [0.2, 0.25) is 0 Å². The van der Waals surface area contributed by atoms with Crippen molar-refractivity contribution < 1.29 is 9.53 Å². The first-order chi connectivity index (χ1) is 8.60. The second-order valence-electron chi connectivity index (χ2n) is 3.69. The van der Waals surface area contributed by atoms with Gasteiger partial charge in [0.1, 0.15) is 11.1 Å². The van der Waals surface area contributed by atoms with E-state index in [1.54, 1.807) is 13.0 Å². The maximum Gasteiger partial charge on any atom is 0.319 e. The Balaban J connectivity index is 2.81. The number of nitrogen functional groups attached to an aromatic ring is 1. The summed E-state index contributed by atoms with van der Waals surface area (Å²) in [4.78, 5) is 20.2. The molecule has 0 saturated carbocycles. The van der Waals surface area contributed by atoms with Crippen LogP contribution in [0.5, 0.6) is 0 Å². The van der Waals surface area contributed by atoms with E-state index < -0.39 is 0 Å². The lowest BCUT2D eigenvalue weighted by atomic mass is 10.3. The molecule has 0 saturated heterocycles. The van der Waals surface area contributed by atoms with Gasteiger partial charge >= 0.3 is 5.97 Å². The smallest absolute Gasteiger partial charge is 0.319 e. The lowest BCUT2D eigenvalue weighted by Gasteiger charge is -2.12. The van der Waals surface area contributed by atoms with Crippen molar-refractivity contribution >= 4 is 23.5 Å². The van der Waals surface area contributed by atoms with Crippen molar-refractivity contribution in [1.82, 2.24) is 9.97 Å². The van der Waals surface area contributed by atoms with E-state index in [0.29, 0.717) is 24.0 Å². The number of esters is 1. The molecule has 0 aromatic carbocycles. The molecule has 0 aliphatic heterocycles. The molecule has 1 aromatic heterocycles. The molecule has 0 radical (unpaired) electrons. The minimum absolute atomic E-state index is 0.228. The summed E-state index contributed by atoms with van der Waals surface area (Å²) < 4.78 is 5.01. The number of hydrogen-bond donors (Lipinski definition) is 1. The van der Waals surface area contributed by atoms with Crippen molar-refractivity contribution in [3.05, 3.63) is 11.8 Å². The van der Waals surface area contributed by atoms with E-state index in [0.717, 1.165) is 12.1 Å². The first kappa shape index (κ1) is 14.8. The zero-order chi connectivity index (χ0) is 13.5. The van der Waals surface area contributed by atoms with E-state index in [2.05, 4.69) is 9.97 Å². The van der Waals surface area contributed by atoms with Gasteiger partial charge in [0.15, 0.2) is 5.16 Å². The molecule has 0 spiro atoms. The van der Waals surface area contributed by atoms with E-state index in [4.69, 9.17) is 10.5 Å². The van der Waals surface area contributed by atoms with Crippen molar-refractivity contribution in [1.29, 1.82) is 0 Å². The van der Waals surface area contributed by atoms with Crippen LogP contribution in [0, 0.1) is 0 Å². The molecule has 1 rings (SSSR count). The van der Waals surface area contributed by atoms with Gasteiger partial charge in [-0.25, -0.2) is 9.97 Å². The lowest BCUT2D eigenvalue weighted by Crippen LogP contribution is -2.20. The Morgan fingerprint density at radius 1 is 1.44 bits per heavy atom. The van der Waals surface area contributed by atoms with Crippen LogP contribution in [0.4, 0.5) is 5.82 Å². The summed E-state index contributed by atoms with van der Waals surface area (Å²) in [6, 6.07) is 1.75. The number of anilines is 1. The molecule has 1 heterocycles. The Morgan fingerprint density at radius 3 is 2.72 bits per heavy atom. The number of carbonyl (C=O) groups is 1. The molecule has 0 unspecified atom stereocenters. The summed E-state index contributed by atoms with van der Waals surface area (Å²) in [5, 5.41) is 0.253. The van der Waals surface area contributed by atoms with Crippen LogP contribution < -0.4 is 5.73 Å². The third kappa shape index (κ3) is 4.18. The fourth-order valence-corrected chi connectivity index (χ4v) is 2.30. The number of aryl methyl sites for hydroxylation is 1. The molecule has 0 amide bonds. The van der Waals surface area contributed by atoms with Crippen molar-refractivity contribution in [3.63, 3.8) is 0 Å². The Morgan fingerprint density at radius 2 is 2.17 bits per heavy atom. The normalized spacial score (nSPS) is 12.2. The molecule has 5 nitrogen and oxygen atoms in total. The number of carbonyl (C=O) groups excluding carboxylic acids is 1. The maximum atomic E-state index is 11.7. The number of rotatable bonds is 6. The lowest BCUT2D eigenvalue weighted by molar-refractivity contribution is -0.142. The number of thioether (sulfide) groups is 1. The van der Waals surface area contributed by atoms with Gasteiger partial charge < -0.3 is 10.5 Å². The standard InChI is InChI=1S/C12H19N3O2S/c1-4-8-7-10(13)15-12(14-8)18-9(5-2)11(16)17-6-3/h7,9H,4-6H2,1-3H3,(H2,13,14,15)/t9-/m1/s1. The molecule has 18 heavy (non-hydrogen) atoms. The molecular weight excluding hydrogens is 250 g/mol. The average molecular weight is 269 g/mol. The molecular formula is C12H19N3O2S. The van der Waals surface area contributed by atoms with Gasteiger partial charge in [-0.2, -0.15) is 0 Å². The Kier molecular flexibility index (Phi) is 5.91.